The number of nitrogens with one attached hydrogen (secondary N) is 2. The minimum absolute atomic E-state index is 0.142. The van der Waals surface area contributed by atoms with Gasteiger partial charge in [-0.1, -0.05) is 55.5 Å². The number of nitrogens with zero attached hydrogens (tertiary/aromatic N) is 2. The molecule has 1 aromatic heterocycles. The van der Waals surface area contributed by atoms with Gasteiger partial charge in [-0.25, -0.2) is 4.98 Å². The van der Waals surface area contributed by atoms with Gasteiger partial charge in [-0.15, -0.1) is 0 Å². The van der Waals surface area contributed by atoms with Crippen LogP contribution in [0.5, 0.6) is 0 Å². The Balaban J connectivity index is 1.52. The van der Waals surface area contributed by atoms with Crippen molar-refractivity contribution < 1.29 is 14.3 Å². The smallest absolute Gasteiger partial charge is 0.251 e. The fourth-order valence-electron chi connectivity index (χ4n) is 3.63. The van der Waals surface area contributed by atoms with Crippen molar-refractivity contribution in [3.05, 3.63) is 54.1 Å². The molecule has 0 bridgehead atoms. The molecule has 8 heteroatoms. The lowest BCUT2D eigenvalue weighted by molar-refractivity contribution is -0.127. The first-order chi connectivity index (χ1) is 15.5. The van der Waals surface area contributed by atoms with Crippen LogP contribution in [0.4, 0.5) is 10.8 Å². The highest BCUT2D eigenvalue weighted by Crippen LogP contribution is 2.31. The molecule has 1 aliphatic heterocycles. The summed E-state index contributed by atoms with van der Waals surface area (Å²) in [4.78, 5) is 32.5. The standard InChI is InChI=1S/C24H28N4O3S/c1-16(2)14-21(29)27-22(17-6-4-3-5-7-17)23(30)25-18-8-9-19-20(15-18)32-24(26-19)28-10-12-31-13-11-28/h3-9,15-16,22H,10-14H2,1-2H3,(H,25,30)(H,27,29). The van der Waals surface area contributed by atoms with E-state index in [9.17, 15) is 9.59 Å². The van der Waals surface area contributed by atoms with E-state index in [0.717, 1.165) is 34.0 Å². The molecule has 0 radical (unpaired) electrons. The second kappa shape index (κ2) is 10.1. The van der Waals surface area contributed by atoms with Crippen molar-refractivity contribution >= 4 is 44.2 Å². The van der Waals surface area contributed by atoms with Crippen LogP contribution in [0.15, 0.2) is 48.5 Å². The molecule has 0 spiro atoms. The molecule has 1 fully saturated rings. The molecule has 3 aromatic rings. The van der Waals surface area contributed by atoms with Crippen LogP contribution in [-0.2, 0) is 14.3 Å². The zero-order valence-electron chi connectivity index (χ0n) is 18.3. The predicted molar refractivity (Wildman–Crippen MR) is 128 cm³/mol. The summed E-state index contributed by atoms with van der Waals surface area (Å²) in [5, 5.41) is 6.83. The second-order valence-electron chi connectivity index (χ2n) is 8.28. The number of hydrogen-bond donors (Lipinski definition) is 2. The van der Waals surface area contributed by atoms with E-state index in [0.29, 0.717) is 25.3 Å². The van der Waals surface area contributed by atoms with Gasteiger partial charge in [0.2, 0.25) is 5.91 Å². The number of morpholine rings is 1. The third-order valence-electron chi connectivity index (χ3n) is 5.22. The molecule has 7 nitrogen and oxygen atoms in total. The van der Waals surface area contributed by atoms with Crippen LogP contribution >= 0.6 is 11.3 Å². The molecule has 1 atom stereocenters. The highest BCUT2D eigenvalue weighted by molar-refractivity contribution is 7.22. The number of anilines is 2. The molecule has 0 aliphatic carbocycles. The van der Waals surface area contributed by atoms with Crippen LogP contribution in [0.3, 0.4) is 0 Å². The maximum absolute atomic E-state index is 13.2. The van der Waals surface area contributed by atoms with E-state index in [4.69, 9.17) is 9.72 Å². The van der Waals surface area contributed by atoms with Crippen LogP contribution in [0.25, 0.3) is 10.2 Å². The minimum Gasteiger partial charge on any atom is -0.378 e. The van der Waals surface area contributed by atoms with Crippen molar-refractivity contribution in [2.45, 2.75) is 26.3 Å². The third kappa shape index (κ3) is 5.44. The molecular weight excluding hydrogens is 424 g/mol. The summed E-state index contributed by atoms with van der Waals surface area (Å²) in [6.45, 7) is 7.04. The highest BCUT2D eigenvalue weighted by Gasteiger charge is 2.23. The number of amides is 2. The van der Waals surface area contributed by atoms with Crippen molar-refractivity contribution in [3.8, 4) is 0 Å². The van der Waals surface area contributed by atoms with Gasteiger partial charge in [-0.05, 0) is 29.7 Å². The zero-order valence-corrected chi connectivity index (χ0v) is 19.2. The van der Waals surface area contributed by atoms with Crippen molar-refractivity contribution in [3.63, 3.8) is 0 Å². The van der Waals surface area contributed by atoms with E-state index in [1.807, 2.05) is 62.4 Å². The topological polar surface area (TPSA) is 83.6 Å². The van der Waals surface area contributed by atoms with Gasteiger partial charge in [0, 0.05) is 25.2 Å². The van der Waals surface area contributed by atoms with E-state index in [-0.39, 0.29) is 17.7 Å². The number of thiazole rings is 1. The quantitative estimate of drug-likeness (QED) is 0.567. The van der Waals surface area contributed by atoms with E-state index in [1.54, 1.807) is 11.3 Å². The summed E-state index contributed by atoms with van der Waals surface area (Å²) in [5.41, 5.74) is 2.33. The number of fused-ring (bicyclic) bond motifs is 1. The predicted octanol–water partition coefficient (Wildman–Crippen LogP) is 3.98. The SMILES string of the molecule is CC(C)CC(=O)NC(C(=O)Nc1ccc2nc(N3CCOCC3)sc2c1)c1ccccc1. The van der Waals surface area contributed by atoms with Gasteiger partial charge in [0.1, 0.15) is 6.04 Å². The van der Waals surface area contributed by atoms with Crippen LogP contribution in [-0.4, -0.2) is 43.1 Å². The number of carbonyl (C=O) groups is 2. The lowest BCUT2D eigenvalue weighted by Gasteiger charge is -2.25. The van der Waals surface area contributed by atoms with E-state index in [1.165, 1.54) is 0 Å². The van der Waals surface area contributed by atoms with Crippen LogP contribution in [0, 0.1) is 5.92 Å². The molecule has 2 N–H and O–H groups in total. The number of aromatic nitrogens is 1. The molecule has 32 heavy (non-hydrogen) atoms. The average molecular weight is 453 g/mol. The number of ether oxygens (including phenoxy) is 1. The number of rotatable bonds is 7. The Labute approximate surface area is 191 Å². The third-order valence-corrected chi connectivity index (χ3v) is 6.30. The van der Waals surface area contributed by atoms with Crippen LogP contribution in [0.2, 0.25) is 0 Å². The van der Waals surface area contributed by atoms with Gasteiger partial charge < -0.3 is 20.3 Å². The molecule has 2 aromatic carbocycles. The van der Waals surface area contributed by atoms with Gasteiger partial charge in [0.05, 0.1) is 23.4 Å². The average Bonchev–Trinajstić information content (AvgIpc) is 3.21. The number of carbonyl (C=O) groups excluding carboxylic acids is 2. The fraction of sp³-hybridized carbons (Fsp3) is 0.375. The van der Waals surface area contributed by atoms with Crippen LogP contribution < -0.4 is 15.5 Å². The molecule has 2 amide bonds. The summed E-state index contributed by atoms with van der Waals surface area (Å²) in [6.07, 6.45) is 0.369. The minimum atomic E-state index is -0.761. The first kappa shape index (κ1) is 22.2. The Morgan fingerprint density at radius 2 is 1.88 bits per heavy atom. The molecule has 1 unspecified atom stereocenters. The van der Waals surface area contributed by atoms with Gasteiger partial charge in [-0.3, -0.25) is 9.59 Å². The Morgan fingerprint density at radius 1 is 1.12 bits per heavy atom. The van der Waals surface area contributed by atoms with Crippen molar-refractivity contribution in [1.82, 2.24) is 10.3 Å². The van der Waals surface area contributed by atoms with E-state index >= 15 is 0 Å². The van der Waals surface area contributed by atoms with E-state index in [2.05, 4.69) is 15.5 Å². The summed E-state index contributed by atoms with van der Waals surface area (Å²) in [5.74, 6) is -0.202. The van der Waals surface area contributed by atoms with E-state index < -0.39 is 6.04 Å². The Hall–Kier alpha value is -2.97. The molecule has 1 aliphatic rings. The zero-order chi connectivity index (χ0) is 22.5. The molecule has 4 rings (SSSR count). The second-order valence-corrected chi connectivity index (χ2v) is 9.29. The summed E-state index contributed by atoms with van der Waals surface area (Å²) in [7, 11) is 0. The van der Waals surface area contributed by atoms with Crippen molar-refractivity contribution in [2.75, 3.05) is 36.5 Å². The van der Waals surface area contributed by atoms with Crippen molar-refractivity contribution in [2.24, 2.45) is 5.92 Å². The monoisotopic (exact) mass is 452 g/mol. The fourth-order valence-corrected chi connectivity index (χ4v) is 4.69. The summed E-state index contributed by atoms with van der Waals surface area (Å²) >= 11 is 1.61. The molecular formula is C24H28N4O3S. The van der Waals surface area contributed by atoms with Gasteiger partial charge in [0.25, 0.3) is 5.91 Å². The largest absolute Gasteiger partial charge is 0.378 e. The lowest BCUT2D eigenvalue weighted by Crippen LogP contribution is -2.37. The number of hydrogen-bond acceptors (Lipinski definition) is 6. The number of benzene rings is 2. The van der Waals surface area contributed by atoms with Gasteiger partial charge >= 0.3 is 0 Å². The summed E-state index contributed by atoms with van der Waals surface area (Å²) < 4.78 is 6.43. The normalized spacial score (nSPS) is 15.0. The summed E-state index contributed by atoms with van der Waals surface area (Å²) in [6, 6.07) is 14.2. The maximum atomic E-state index is 13.2. The Bertz CT molecular complexity index is 1080. The van der Waals surface area contributed by atoms with Gasteiger partial charge in [0.15, 0.2) is 5.13 Å². The Kier molecular flexibility index (Phi) is 7.02. The highest BCUT2D eigenvalue weighted by atomic mass is 32.1. The Morgan fingerprint density at radius 3 is 2.59 bits per heavy atom. The lowest BCUT2D eigenvalue weighted by atomic mass is 10.0. The maximum Gasteiger partial charge on any atom is 0.251 e. The van der Waals surface area contributed by atoms with Crippen molar-refractivity contribution in [1.29, 1.82) is 0 Å². The molecule has 168 valence electrons. The molecule has 2 heterocycles. The first-order valence-corrected chi connectivity index (χ1v) is 11.7. The molecule has 0 saturated carbocycles. The van der Waals surface area contributed by atoms with Gasteiger partial charge in [-0.2, -0.15) is 0 Å². The van der Waals surface area contributed by atoms with Crippen LogP contribution in [0.1, 0.15) is 31.9 Å². The first-order valence-electron chi connectivity index (χ1n) is 10.9. The molecule has 1 saturated heterocycles.